The molecule has 2 aromatic heterocycles. The highest BCUT2D eigenvalue weighted by Gasteiger charge is 2.41. The smallest absolute Gasteiger partial charge is 0.199 e. The number of alkyl halides is 1. The summed E-state index contributed by atoms with van der Waals surface area (Å²) in [4.78, 5) is 21.2. The minimum atomic E-state index is -1.47. The van der Waals surface area contributed by atoms with Crippen molar-refractivity contribution in [1.29, 1.82) is 0 Å². The predicted octanol–water partition coefficient (Wildman–Crippen LogP) is 2.80. The van der Waals surface area contributed by atoms with Crippen molar-refractivity contribution in [2.75, 3.05) is 5.32 Å². The van der Waals surface area contributed by atoms with E-state index in [4.69, 9.17) is 4.74 Å². The molecule has 2 N–H and O–H groups in total. The van der Waals surface area contributed by atoms with E-state index in [1.165, 1.54) is 12.5 Å². The van der Waals surface area contributed by atoms with E-state index in [-0.39, 0.29) is 28.9 Å². The monoisotopic (exact) mass is 415 g/mol. The third-order valence-corrected chi connectivity index (χ3v) is 6.01. The van der Waals surface area contributed by atoms with Gasteiger partial charge in [0.05, 0.1) is 29.4 Å². The summed E-state index contributed by atoms with van der Waals surface area (Å²) in [5.74, 6) is -0.391. The molecule has 4 rings (SSSR count). The summed E-state index contributed by atoms with van der Waals surface area (Å²) >= 11 is 0. The van der Waals surface area contributed by atoms with E-state index >= 15 is 0 Å². The lowest BCUT2D eigenvalue weighted by Gasteiger charge is -2.19. The Morgan fingerprint density at radius 1 is 1.50 bits per heavy atom. The number of nitrogens with zero attached hydrogens (tertiary/aromatic N) is 3. The molecule has 30 heavy (non-hydrogen) atoms. The molecule has 0 aromatic carbocycles. The fourth-order valence-corrected chi connectivity index (χ4v) is 4.30. The second-order valence-electron chi connectivity index (χ2n) is 8.93. The number of hydrogen-bond acceptors (Lipinski definition) is 6. The van der Waals surface area contributed by atoms with Gasteiger partial charge in [-0.3, -0.25) is 4.79 Å². The Bertz CT molecular complexity index is 915. The normalized spacial score (nSPS) is 30.5. The van der Waals surface area contributed by atoms with Gasteiger partial charge >= 0.3 is 0 Å². The molecule has 0 bridgehead atoms. The number of aliphatic hydroxyl groups excluding tert-OH is 1. The van der Waals surface area contributed by atoms with Crippen LogP contribution in [0.3, 0.4) is 0 Å². The number of nitrogens with one attached hydrogen (secondary N) is 1. The van der Waals surface area contributed by atoms with Crippen molar-refractivity contribution in [3.05, 3.63) is 49.0 Å². The number of halogens is 1. The van der Waals surface area contributed by atoms with Crippen molar-refractivity contribution in [2.24, 2.45) is 5.92 Å². The Kier molecular flexibility index (Phi) is 5.63. The van der Waals surface area contributed by atoms with Gasteiger partial charge in [0, 0.05) is 30.7 Å². The molecule has 1 aliphatic carbocycles. The van der Waals surface area contributed by atoms with Gasteiger partial charge < -0.3 is 19.7 Å². The van der Waals surface area contributed by atoms with Crippen LogP contribution in [0.25, 0.3) is 0 Å². The van der Waals surface area contributed by atoms with Gasteiger partial charge in [0.15, 0.2) is 5.78 Å². The van der Waals surface area contributed by atoms with Gasteiger partial charge in [-0.15, -0.1) is 0 Å². The van der Waals surface area contributed by atoms with Crippen LogP contribution in [0.4, 0.5) is 10.2 Å². The molecule has 1 saturated carbocycles. The maximum absolute atomic E-state index is 14.3. The van der Waals surface area contributed by atoms with Crippen molar-refractivity contribution >= 4 is 11.6 Å². The van der Waals surface area contributed by atoms with Crippen LogP contribution in [-0.4, -0.2) is 55.4 Å². The van der Waals surface area contributed by atoms with Crippen LogP contribution in [0.1, 0.15) is 49.0 Å². The average Bonchev–Trinajstić information content (AvgIpc) is 3.37. The van der Waals surface area contributed by atoms with Gasteiger partial charge in [-0.25, -0.2) is 14.4 Å². The molecular weight excluding hydrogens is 387 g/mol. The lowest BCUT2D eigenvalue weighted by Crippen LogP contribution is -2.32. The minimum absolute atomic E-state index is 0.104. The summed E-state index contributed by atoms with van der Waals surface area (Å²) in [5.41, 5.74) is 0.666. The molecule has 0 unspecified atom stereocenters. The number of ether oxygens (including phenoxy) is 1. The summed E-state index contributed by atoms with van der Waals surface area (Å²) in [6.07, 6.45) is 6.27. The van der Waals surface area contributed by atoms with E-state index in [0.29, 0.717) is 18.5 Å². The van der Waals surface area contributed by atoms with Crippen LogP contribution in [-0.2, 0) is 11.3 Å². The lowest BCUT2D eigenvalue weighted by atomic mass is 10.1. The first-order chi connectivity index (χ1) is 14.2. The number of aliphatic hydroxyl groups is 1. The highest BCUT2D eigenvalue weighted by Crippen LogP contribution is 2.32. The molecule has 2 aliphatic rings. The molecule has 2 aromatic rings. The summed E-state index contributed by atoms with van der Waals surface area (Å²) in [6, 6.07) is 1.10. The molecule has 0 spiro atoms. The maximum atomic E-state index is 14.3. The van der Waals surface area contributed by atoms with Gasteiger partial charge in [-0.05, 0) is 52.0 Å². The predicted molar refractivity (Wildman–Crippen MR) is 110 cm³/mol. The van der Waals surface area contributed by atoms with Gasteiger partial charge in [-0.2, -0.15) is 0 Å². The van der Waals surface area contributed by atoms with Crippen molar-refractivity contribution in [3.63, 3.8) is 0 Å². The zero-order valence-corrected chi connectivity index (χ0v) is 17.3. The van der Waals surface area contributed by atoms with Crippen molar-refractivity contribution < 1.29 is 19.0 Å². The standard InChI is InChI=1S/C22H28FN4O3/c1-13-8-17(18(23)19(13)28)26-21-16(9-24-12-25-21)20(29)14-5-7-27(10-14)11-15-4-6-22(2,3)30-15/h5,7,9-10,12-13,15,17-19,28H,1,4,6,8,11H2,2-3H3,(H,24,25,26)/t13-,15+,17-,18-,19-/m1/s1. The first-order valence-corrected chi connectivity index (χ1v) is 10.3. The van der Waals surface area contributed by atoms with Crippen molar-refractivity contribution in [2.45, 2.75) is 69.7 Å². The Morgan fingerprint density at radius 2 is 2.30 bits per heavy atom. The molecule has 2 fully saturated rings. The van der Waals surface area contributed by atoms with E-state index in [1.807, 2.05) is 10.8 Å². The second-order valence-corrected chi connectivity index (χ2v) is 8.93. The molecule has 161 valence electrons. The number of rotatable bonds is 6. The van der Waals surface area contributed by atoms with E-state index in [0.717, 1.165) is 12.8 Å². The number of carbonyl (C=O) groups excluding carboxylic acids is 1. The third kappa shape index (κ3) is 4.25. The summed E-state index contributed by atoms with van der Waals surface area (Å²) in [7, 11) is 0. The van der Waals surface area contributed by atoms with Crippen LogP contribution in [0.2, 0.25) is 0 Å². The van der Waals surface area contributed by atoms with Gasteiger partial charge in [0.1, 0.15) is 18.3 Å². The lowest BCUT2D eigenvalue weighted by molar-refractivity contribution is -0.0216. The van der Waals surface area contributed by atoms with Crippen molar-refractivity contribution in [1.82, 2.24) is 14.5 Å². The minimum Gasteiger partial charge on any atom is -0.390 e. The number of aromatic nitrogens is 3. The quantitative estimate of drug-likeness (QED) is 0.706. The van der Waals surface area contributed by atoms with Crippen molar-refractivity contribution in [3.8, 4) is 0 Å². The second kappa shape index (κ2) is 8.07. The Morgan fingerprint density at radius 3 is 2.97 bits per heavy atom. The number of carbonyl (C=O) groups is 1. The van der Waals surface area contributed by atoms with Crippen LogP contribution < -0.4 is 5.32 Å². The SMILES string of the molecule is [CH2][C@@H]1C[C@@H](Nc2ncncc2C(=O)c2ccn(C[C@@H]3CCC(C)(C)O3)c2)[C@@H](F)[C@@H]1O. The van der Waals surface area contributed by atoms with Gasteiger partial charge in [-0.1, -0.05) is 0 Å². The Hall–Kier alpha value is -2.32. The molecule has 3 heterocycles. The molecule has 7 nitrogen and oxygen atoms in total. The summed E-state index contributed by atoms with van der Waals surface area (Å²) in [5, 5.41) is 12.8. The Balaban J connectivity index is 1.47. The molecule has 1 aliphatic heterocycles. The number of hydrogen-bond donors (Lipinski definition) is 2. The van der Waals surface area contributed by atoms with Crippen LogP contribution >= 0.6 is 0 Å². The zero-order chi connectivity index (χ0) is 21.5. The highest BCUT2D eigenvalue weighted by molar-refractivity contribution is 6.11. The first-order valence-electron chi connectivity index (χ1n) is 10.3. The van der Waals surface area contributed by atoms with Gasteiger partial charge in [0.25, 0.3) is 0 Å². The fraction of sp³-hybridized carbons (Fsp3) is 0.545. The molecule has 1 radical (unpaired) electrons. The average molecular weight is 415 g/mol. The maximum Gasteiger partial charge on any atom is 0.199 e. The molecule has 8 heteroatoms. The molecule has 1 saturated heterocycles. The van der Waals surface area contributed by atoms with E-state index in [9.17, 15) is 14.3 Å². The van der Waals surface area contributed by atoms with Gasteiger partial charge in [0.2, 0.25) is 0 Å². The molecule has 0 amide bonds. The summed E-state index contributed by atoms with van der Waals surface area (Å²) in [6.45, 7) is 8.63. The fourth-order valence-electron chi connectivity index (χ4n) is 4.30. The van der Waals surface area contributed by atoms with E-state index in [2.05, 4.69) is 36.1 Å². The molecule has 5 atom stereocenters. The summed E-state index contributed by atoms with van der Waals surface area (Å²) < 4.78 is 22.3. The third-order valence-electron chi connectivity index (χ3n) is 6.01. The Labute approximate surface area is 175 Å². The van der Waals surface area contributed by atoms with Crippen LogP contribution in [0.15, 0.2) is 31.0 Å². The highest BCUT2D eigenvalue weighted by atomic mass is 19.1. The molecular formula is C22H28FN4O3. The number of anilines is 1. The van der Waals surface area contributed by atoms with E-state index < -0.39 is 24.2 Å². The first kappa shape index (κ1) is 20.9. The number of ketones is 1. The van der Waals surface area contributed by atoms with Crippen LogP contribution in [0, 0.1) is 12.8 Å². The topological polar surface area (TPSA) is 89.3 Å². The zero-order valence-electron chi connectivity index (χ0n) is 17.3. The van der Waals surface area contributed by atoms with E-state index in [1.54, 1.807) is 12.3 Å². The van der Waals surface area contributed by atoms with Crippen LogP contribution in [0.5, 0.6) is 0 Å². The largest absolute Gasteiger partial charge is 0.390 e.